The highest BCUT2D eigenvalue weighted by Crippen LogP contribution is 2.19. The molecule has 0 bridgehead atoms. The Morgan fingerprint density at radius 3 is 2.69 bits per heavy atom. The molecular weight excluding hydrogens is 350 g/mol. The fourth-order valence-electron chi connectivity index (χ4n) is 2.80. The largest absolute Gasteiger partial charge is 0.323 e. The minimum atomic E-state index is -0.0795. The van der Waals surface area contributed by atoms with Gasteiger partial charge in [0.15, 0.2) is 0 Å². The molecule has 1 N–H and O–H groups in total. The van der Waals surface area contributed by atoms with Gasteiger partial charge in [-0.05, 0) is 31.9 Å². The molecule has 3 rings (SSSR count). The number of rotatable bonds is 6. The molecule has 0 aliphatic rings. The van der Waals surface area contributed by atoms with Gasteiger partial charge in [-0.15, -0.1) is 0 Å². The summed E-state index contributed by atoms with van der Waals surface area (Å²) in [6.07, 6.45) is 3.82. The van der Waals surface area contributed by atoms with Gasteiger partial charge in [-0.2, -0.15) is 10.2 Å². The van der Waals surface area contributed by atoms with E-state index in [-0.39, 0.29) is 5.91 Å². The molecule has 2 aromatic heterocycles. The number of aromatic nitrogens is 4. The number of carbonyl (C=O) groups excluding carboxylic acids is 1. The standard InChI is InChI=1S/C19H22ClN5O/c1-13-6-4-5-7-16(13)11-24-12-17(10-21-24)22-18(26)8-9-25-15(3)19(20)14(2)23-25/h4-7,10,12H,8-9,11H2,1-3H3,(H,22,26). The third-order valence-corrected chi connectivity index (χ3v) is 4.90. The highest BCUT2D eigenvalue weighted by Gasteiger charge is 2.11. The van der Waals surface area contributed by atoms with Gasteiger partial charge in [-0.1, -0.05) is 35.9 Å². The SMILES string of the molecule is Cc1ccccc1Cn1cc(NC(=O)CCn2nc(C)c(Cl)c2C)cn1. The zero-order chi connectivity index (χ0) is 18.7. The molecule has 0 spiro atoms. The molecule has 7 heteroatoms. The molecule has 0 saturated heterocycles. The predicted octanol–water partition coefficient (Wildman–Crippen LogP) is 3.74. The molecule has 6 nitrogen and oxygen atoms in total. The lowest BCUT2D eigenvalue weighted by atomic mass is 10.1. The van der Waals surface area contributed by atoms with Gasteiger partial charge in [0.2, 0.25) is 5.91 Å². The molecule has 0 unspecified atom stereocenters. The minimum Gasteiger partial charge on any atom is -0.323 e. The van der Waals surface area contributed by atoms with E-state index >= 15 is 0 Å². The fourth-order valence-corrected chi connectivity index (χ4v) is 2.94. The number of nitrogens with one attached hydrogen (secondary N) is 1. The van der Waals surface area contributed by atoms with Gasteiger partial charge in [0, 0.05) is 12.6 Å². The molecule has 0 saturated carbocycles. The highest BCUT2D eigenvalue weighted by molar-refractivity contribution is 6.31. The average molecular weight is 372 g/mol. The number of halogens is 1. The average Bonchev–Trinajstić information content (AvgIpc) is 3.15. The van der Waals surface area contributed by atoms with Crippen LogP contribution in [0.5, 0.6) is 0 Å². The number of hydrogen-bond donors (Lipinski definition) is 1. The topological polar surface area (TPSA) is 64.7 Å². The lowest BCUT2D eigenvalue weighted by molar-refractivity contribution is -0.116. The third-order valence-electron chi connectivity index (χ3n) is 4.35. The molecule has 0 aliphatic carbocycles. The van der Waals surface area contributed by atoms with E-state index in [1.54, 1.807) is 10.9 Å². The summed E-state index contributed by atoms with van der Waals surface area (Å²) < 4.78 is 3.58. The molecule has 1 amide bonds. The third kappa shape index (κ3) is 4.14. The van der Waals surface area contributed by atoms with Crippen LogP contribution in [0, 0.1) is 20.8 Å². The van der Waals surface area contributed by atoms with E-state index in [0.29, 0.717) is 30.2 Å². The highest BCUT2D eigenvalue weighted by atomic mass is 35.5. The van der Waals surface area contributed by atoms with Gasteiger partial charge in [0.05, 0.1) is 41.4 Å². The lowest BCUT2D eigenvalue weighted by Crippen LogP contribution is -2.15. The second-order valence-corrected chi connectivity index (χ2v) is 6.74. The van der Waals surface area contributed by atoms with E-state index in [4.69, 9.17) is 11.6 Å². The summed E-state index contributed by atoms with van der Waals surface area (Å²) >= 11 is 6.13. The van der Waals surface area contributed by atoms with Crippen molar-refractivity contribution in [2.45, 2.75) is 40.3 Å². The smallest absolute Gasteiger partial charge is 0.226 e. The molecule has 2 heterocycles. The molecule has 0 fully saturated rings. The number of nitrogens with zero attached hydrogens (tertiary/aromatic N) is 4. The van der Waals surface area contributed by atoms with Crippen molar-refractivity contribution in [2.24, 2.45) is 0 Å². The first kappa shape index (κ1) is 18.2. The van der Waals surface area contributed by atoms with Crippen molar-refractivity contribution in [1.29, 1.82) is 0 Å². The number of aryl methyl sites for hydroxylation is 3. The van der Waals surface area contributed by atoms with Crippen molar-refractivity contribution < 1.29 is 4.79 Å². The first-order chi connectivity index (χ1) is 12.4. The molecule has 0 aliphatic heterocycles. The van der Waals surface area contributed by atoms with E-state index in [0.717, 1.165) is 11.4 Å². The Morgan fingerprint density at radius 1 is 1.23 bits per heavy atom. The fraction of sp³-hybridized carbons (Fsp3) is 0.316. The van der Waals surface area contributed by atoms with Crippen LogP contribution in [0.4, 0.5) is 5.69 Å². The number of carbonyl (C=O) groups is 1. The molecule has 1 aromatic carbocycles. The number of anilines is 1. The van der Waals surface area contributed by atoms with Crippen LogP contribution >= 0.6 is 11.6 Å². The summed E-state index contributed by atoms with van der Waals surface area (Å²) in [7, 11) is 0. The zero-order valence-electron chi connectivity index (χ0n) is 15.2. The first-order valence-corrected chi connectivity index (χ1v) is 8.88. The number of hydrogen-bond acceptors (Lipinski definition) is 3. The maximum absolute atomic E-state index is 12.2. The van der Waals surface area contributed by atoms with Crippen LogP contribution in [0.15, 0.2) is 36.7 Å². The van der Waals surface area contributed by atoms with E-state index in [9.17, 15) is 4.79 Å². The molecule has 26 heavy (non-hydrogen) atoms. The quantitative estimate of drug-likeness (QED) is 0.717. The summed E-state index contributed by atoms with van der Waals surface area (Å²) in [4.78, 5) is 12.2. The summed E-state index contributed by atoms with van der Waals surface area (Å²) in [6, 6.07) is 8.19. The monoisotopic (exact) mass is 371 g/mol. The predicted molar refractivity (Wildman–Crippen MR) is 102 cm³/mol. The van der Waals surface area contributed by atoms with E-state index in [1.807, 2.05) is 36.9 Å². The zero-order valence-corrected chi connectivity index (χ0v) is 15.9. The summed E-state index contributed by atoms with van der Waals surface area (Å²) in [5.41, 5.74) is 4.77. The van der Waals surface area contributed by atoms with Crippen LogP contribution < -0.4 is 5.32 Å². The molecule has 136 valence electrons. The minimum absolute atomic E-state index is 0.0795. The van der Waals surface area contributed by atoms with Gasteiger partial charge in [-0.3, -0.25) is 14.2 Å². The van der Waals surface area contributed by atoms with Crippen molar-refractivity contribution in [3.8, 4) is 0 Å². The lowest BCUT2D eigenvalue weighted by Gasteiger charge is -2.06. The summed E-state index contributed by atoms with van der Waals surface area (Å²) in [6.45, 7) is 6.99. The Morgan fingerprint density at radius 2 is 2.00 bits per heavy atom. The number of benzene rings is 1. The van der Waals surface area contributed by atoms with Crippen LogP contribution in [-0.4, -0.2) is 25.5 Å². The second kappa shape index (κ2) is 7.74. The first-order valence-electron chi connectivity index (χ1n) is 8.50. The van der Waals surface area contributed by atoms with Crippen molar-refractivity contribution in [2.75, 3.05) is 5.32 Å². The molecule has 0 radical (unpaired) electrons. The molecule has 3 aromatic rings. The van der Waals surface area contributed by atoms with Gasteiger partial charge in [0.1, 0.15) is 0 Å². The van der Waals surface area contributed by atoms with E-state index in [1.165, 1.54) is 11.1 Å². The van der Waals surface area contributed by atoms with Crippen LogP contribution in [0.3, 0.4) is 0 Å². The maximum Gasteiger partial charge on any atom is 0.226 e. The van der Waals surface area contributed by atoms with Gasteiger partial charge < -0.3 is 5.32 Å². The molecule has 0 atom stereocenters. The maximum atomic E-state index is 12.2. The number of amides is 1. The van der Waals surface area contributed by atoms with Gasteiger partial charge >= 0.3 is 0 Å². The normalized spacial score (nSPS) is 10.9. The van der Waals surface area contributed by atoms with Crippen LogP contribution in [0.1, 0.15) is 28.9 Å². The van der Waals surface area contributed by atoms with Crippen LogP contribution in [0.2, 0.25) is 5.02 Å². The van der Waals surface area contributed by atoms with Crippen molar-refractivity contribution in [3.05, 3.63) is 64.2 Å². The Balaban J connectivity index is 1.56. The van der Waals surface area contributed by atoms with Gasteiger partial charge in [-0.25, -0.2) is 0 Å². The Hall–Kier alpha value is -2.60. The Bertz CT molecular complexity index is 928. The Kier molecular flexibility index (Phi) is 5.42. The van der Waals surface area contributed by atoms with Crippen molar-refractivity contribution in [3.63, 3.8) is 0 Å². The second-order valence-electron chi connectivity index (χ2n) is 6.36. The Labute approximate surface area is 157 Å². The van der Waals surface area contributed by atoms with Crippen LogP contribution in [0.25, 0.3) is 0 Å². The van der Waals surface area contributed by atoms with Crippen LogP contribution in [-0.2, 0) is 17.9 Å². The summed E-state index contributed by atoms with van der Waals surface area (Å²) in [5, 5.41) is 12.2. The van der Waals surface area contributed by atoms with Gasteiger partial charge in [0.25, 0.3) is 0 Å². The van der Waals surface area contributed by atoms with Crippen molar-refractivity contribution >= 4 is 23.2 Å². The van der Waals surface area contributed by atoms with E-state index in [2.05, 4.69) is 34.6 Å². The van der Waals surface area contributed by atoms with Crippen molar-refractivity contribution in [1.82, 2.24) is 19.6 Å². The van der Waals surface area contributed by atoms with E-state index < -0.39 is 0 Å². The molecular formula is C19H22ClN5O. The summed E-state index contributed by atoms with van der Waals surface area (Å²) in [5.74, 6) is -0.0795.